The zero-order valence-electron chi connectivity index (χ0n) is 16.8. The quantitative estimate of drug-likeness (QED) is 0.481. The van der Waals surface area contributed by atoms with E-state index in [-0.39, 0.29) is 10.7 Å². The number of hydrogen-bond donors (Lipinski definition) is 3. The molecule has 0 amide bonds. The Morgan fingerprint density at radius 2 is 1.50 bits per heavy atom. The van der Waals surface area contributed by atoms with Crippen molar-refractivity contribution in [2.24, 2.45) is 0 Å². The lowest BCUT2D eigenvalue weighted by Gasteiger charge is -2.35. The number of benzene rings is 2. The molecule has 6 nitrogen and oxygen atoms in total. The number of hydrogen-bond acceptors (Lipinski definition) is 3. The molecule has 0 bridgehead atoms. The van der Waals surface area contributed by atoms with Crippen molar-refractivity contribution in [3.8, 4) is 5.69 Å². The Balaban J connectivity index is 2.09. The van der Waals surface area contributed by atoms with Gasteiger partial charge in [-0.2, -0.15) is 26.3 Å². The molecule has 0 atom stereocenters. The summed E-state index contributed by atoms with van der Waals surface area (Å²) >= 11 is 5.81. The van der Waals surface area contributed by atoms with Gasteiger partial charge in [-0.1, -0.05) is 41.9 Å². The maximum absolute atomic E-state index is 14.3. The number of rotatable bonds is 3. The summed E-state index contributed by atoms with van der Waals surface area (Å²) in [6.45, 7) is 0. The van der Waals surface area contributed by atoms with Crippen molar-refractivity contribution < 1.29 is 31.3 Å². The molecule has 0 aliphatic carbocycles. The number of anilines is 1. The fourth-order valence-corrected chi connectivity index (χ4v) is 3.90. The maximum Gasteiger partial charge on any atom is 0.446 e. The molecule has 34 heavy (non-hydrogen) atoms. The number of fused-ring (bicyclic) bond motifs is 1. The van der Waals surface area contributed by atoms with Crippen molar-refractivity contribution in [1.29, 1.82) is 0 Å². The van der Waals surface area contributed by atoms with Crippen LogP contribution in [0, 0.1) is 0 Å². The van der Waals surface area contributed by atoms with Gasteiger partial charge in [0.15, 0.2) is 0 Å². The van der Waals surface area contributed by atoms with Crippen LogP contribution in [0.1, 0.15) is 11.1 Å². The predicted octanol–water partition coefficient (Wildman–Crippen LogP) is 2.65. The first-order valence-corrected chi connectivity index (χ1v) is 9.97. The highest BCUT2D eigenvalue weighted by molar-refractivity contribution is 6.30. The molecule has 2 heterocycles. The van der Waals surface area contributed by atoms with Gasteiger partial charge in [-0.25, -0.2) is 14.7 Å². The normalized spacial score (nSPS) is 15.3. The number of halogens is 7. The van der Waals surface area contributed by atoms with Gasteiger partial charge >= 0.3 is 23.6 Å². The molecule has 0 radical (unpaired) electrons. The van der Waals surface area contributed by atoms with E-state index in [1.165, 1.54) is 41.4 Å². The van der Waals surface area contributed by atoms with Crippen molar-refractivity contribution >= 4 is 23.3 Å². The van der Waals surface area contributed by atoms with Crippen LogP contribution in [0.25, 0.3) is 5.69 Å². The third-order valence-electron chi connectivity index (χ3n) is 5.25. The molecule has 0 unspecified atom stereocenters. The lowest BCUT2D eigenvalue weighted by molar-refractivity contribution is -0.659. The third-order valence-corrected chi connectivity index (χ3v) is 5.50. The van der Waals surface area contributed by atoms with Gasteiger partial charge in [0.2, 0.25) is 5.82 Å². The van der Waals surface area contributed by atoms with Crippen molar-refractivity contribution in [2.75, 3.05) is 5.32 Å². The Morgan fingerprint density at radius 3 is 2.06 bits per heavy atom. The number of H-pyrrole nitrogens is 1. The van der Waals surface area contributed by atoms with E-state index < -0.39 is 52.8 Å². The molecule has 178 valence electrons. The molecule has 13 heteroatoms. The zero-order chi connectivity index (χ0) is 24.9. The summed E-state index contributed by atoms with van der Waals surface area (Å²) in [6, 6.07) is 12.7. The average Bonchev–Trinajstić information content (AvgIpc) is 2.73. The lowest BCUT2D eigenvalue weighted by Crippen LogP contribution is -2.97. The Bertz CT molecular complexity index is 1360. The van der Waals surface area contributed by atoms with Gasteiger partial charge in [-0.05, 0) is 29.8 Å². The van der Waals surface area contributed by atoms with Crippen LogP contribution in [-0.4, -0.2) is 27.7 Å². The summed E-state index contributed by atoms with van der Waals surface area (Å²) < 4.78 is 86.2. The van der Waals surface area contributed by atoms with E-state index in [1.54, 1.807) is 23.2 Å². The van der Waals surface area contributed by atoms with Crippen molar-refractivity contribution in [2.45, 2.75) is 24.3 Å². The minimum Gasteiger partial charge on any atom is -0.273 e. The van der Waals surface area contributed by atoms with E-state index in [0.717, 1.165) is 0 Å². The number of nitrogens with one attached hydrogen (secondary N) is 3. The minimum atomic E-state index is -6.01. The molecular weight excluding hydrogens is 490 g/mol. The van der Waals surface area contributed by atoms with Gasteiger partial charge in [0.25, 0.3) is 11.4 Å². The fraction of sp³-hybridized carbons (Fsp3) is 0.190. The minimum absolute atomic E-state index is 0.117. The summed E-state index contributed by atoms with van der Waals surface area (Å²) in [4.78, 5) is 28.2. The number of aromatic amines is 1. The van der Waals surface area contributed by atoms with E-state index in [1.807, 2.05) is 0 Å². The molecular formula is C21H14ClF6N4O2+. The molecule has 1 aliphatic heterocycles. The van der Waals surface area contributed by atoms with E-state index >= 15 is 0 Å². The fourth-order valence-electron chi connectivity index (χ4n) is 3.78. The first-order valence-electron chi connectivity index (χ1n) is 9.59. The van der Waals surface area contributed by atoms with Gasteiger partial charge in [0.1, 0.15) is 5.56 Å². The third kappa shape index (κ3) is 3.77. The van der Waals surface area contributed by atoms with Gasteiger partial charge in [-0.3, -0.25) is 14.8 Å². The van der Waals surface area contributed by atoms with E-state index in [9.17, 15) is 35.9 Å². The highest BCUT2D eigenvalue weighted by Crippen LogP contribution is 2.48. The topological polar surface area (TPSA) is 80.9 Å². The molecule has 3 N–H and O–H groups in total. The number of amidine groups is 1. The second kappa shape index (κ2) is 8.05. The van der Waals surface area contributed by atoms with Gasteiger partial charge < -0.3 is 0 Å². The first kappa shape index (κ1) is 23.6. The Kier molecular flexibility index (Phi) is 5.59. The van der Waals surface area contributed by atoms with Crippen molar-refractivity contribution in [3.05, 3.63) is 91.6 Å². The van der Waals surface area contributed by atoms with Crippen LogP contribution in [0.2, 0.25) is 5.02 Å². The number of alkyl halides is 6. The Hall–Kier alpha value is -3.54. The molecule has 4 rings (SSSR count). The Labute approximate surface area is 191 Å². The summed E-state index contributed by atoms with van der Waals surface area (Å²) in [7, 11) is 0. The molecule has 0 spiro atoms. The monoisotopic (exact) mass is 503 g/mol. The van der Waals surface area contributed by atoms with Gasteiger partial charge in [0, 0.05) is 5.02 Å². The predicted molar refractivity (Wildman–Crippen MR) is 111 cm³/mol. The second-order valence-electron chi connectivity index (χ2n) is 7.43. The highest BCUT2D eigenvalue weighted by atomic mass is 35.5. The smallest absolute Gasteiger partial charge is 0.273 e. The number of nitrogens with zero attached hydrogens (tertiary/aromatic N) is 1. The molecule has 3 aromatic rings. The van der Waals surface area contributed by atoms with E-state index in [4.69, 9.17) is 11.6 Å². The van der Waals surface area contributed by atoms with Gasteiger partial charge in [0.05, 0.1) is 12.1 Å². The highest BCUT2D eigenvalue weighted by Gasteiger charge is 2.78. The second-order valence-corrected chi connectivity index (χ2v) is 7.87. The molecule has 1 aromatic heterocycles. The van der Waals surface area contributed by atoms with Crippen LogP contribution in [0.15, 0.2) is 64.2 Å². The summed E-state index contributed by atoms with van der Waals surface area (Å²) in [5.74, 6) is -1.57. The first-order chi connectivity index (χ1) is 15.8. The van der Waals surface area contributed by atoms with Crippen molar-refractivity contribution in [3.63, 3.8) is 0 Å². The van der Waals surface area contributed by atoms with E-state index in [2.05, 4.69) is 5.32 Å². The average molecular weight is 504 g/mol. The Morgan fingerprint density at radius 1 is 0.912 bits per heavy atom. The van der Waals surface area contributed by atoms with Crippen LogP contribution < -0.4 is 21.6 Å². The summed E-state index contributed by atoms with van der Waals surface area (Å²) in [5.41, 5.74) is -9.34. The van der Waals surface area contributed by atoms with Crippen LogP contribution in [0.3, 0.4) is 0 Å². The molecule has 1 aliphatic rings. The van der Waals surface area contributed by atoms with Crippen LogP contribution in [0.4, 0.5) is 32.2 Å². The maximum atomic E-state index is 14.3. The SMILES string of the molecule is O=c1[nH]c(=O)n(-c2ccc(Cl)cc2)c2c1C(C(F)(F)F)(C(F)(F)F)[NH+]=C(Cc1ccccc1)N2. The molecule has 0 saturated carbocycles. The molecule has 2 aromatic carbocycles. The standard InChI is InChI=1S/C21H13ClF6N4O2/c22-12-6-8-13(9-7-12)32-16-15(17(33)30-18(32)34)19(20(23,24)25,21(26,27)28)31-14(29-16)10-11-4-2-1-3-5-11/h1-9H,10H2,(H,29,31)(H,30,33,34)/p+1. The number of aromatic nitrogens is 2. The summed E-state index contributed by atoms with van der Waals surface area (Å²) in [5, 5.41) is 2.63. The summed E-state index contributed by atoms with van der Waals surface area (Å²) in [6.07, 6.45) is -12.4. The van der Waals surface area contributed by atoms with Gasteiger partial charge in [-0.15, -0.1) is 0 Å². The largest absolute Gasteiger partial charge is 0.446 e. The molecule has 0 fully saturated rings. The van der Waals surface area contributed by atoms with Crippen LogP contribution in [-0.2, 0) is 12.0 Å². The van der Waals surface area contributed by atoms with E-state index in [0.29, 0.717) is 10.1 Å². The molecule has 0 saturated heterocycles. The van der Waals surface area contributed by atoms with Crippen LogP contribution in [0.5, 0.6) is 0 Å². The van der Waals surface area contributed by atoms with Crippen LogP contribution >= 0.6 is 11.6 Å². The van der Waals surface area contributed by atoms with Crippen molar-refractivity contribution in [1.82, 2.24) is 9.55 Å². The zero-order valence-corrected chi connectivity index (χ0v) is 17.6. The lowest BCUT2D eigenvalue weighted by atomic mass is 9.87.